The van der Waals surface area contributed by atoms with Gasteiger partial charge in [-0.3, -0.25) is 0 Å². The van der Waals surface area contributed by atoms with Crippen molar-refractivity contribution in [1.82, 2.24) is 10.2 Å². The van der Waals surface area contributed by atoms with E-state index in [0.717, 1.165) is 30.6 Å². The summed E-state index contributed by atoms with van der Waals surface area (Å²) in [5, 5.41) is 3.41. The van der Waals surface area contributed by atoms with E-state index >= 15 is 0 Å². The van der Waals surface area contributed by atoms with Crippen LogP contribution in [0.1, 0.15) is 30.6 Å². The zero-order valence-electron chi connectivity index (χ0n) is 14.7. The standard InChI is InChI=1S/C21H22N2O2.ClH/c1-13-10-14-11-22-12-19(14)23(13)21(24)25-20-17-8-4-2-6-15(17)16-7-3-5-9-18(16)20;/h2-9,13-14,19-20,22H,10-12H2,1H3;1H. The van der Waals surface area contributed by atoms with Crippen LogP contribution in [0, 0.1) is 5.92 Å². The Kier molecular flexibility index (Phi) is 4.41. The monoisotopic (exact) mass is 370 g/mol. The van der Waals surface area contributed by atoms with Crippen molar-refractivity contribution < 1.29 is 9.53 Å². The fourth-order valence-corrected chi connectivity index (χ4v) is 4.88. The number of hydrogen-bond acceptors (Lipinski definition) is 3. The number of nitrogens with zero attached hydrogens (tertiary/aromatic N) is 1. The Hall–Kier alpha value is -2.04. The van der Waals surface area contributed by atoms with Gasteiger partial charge in [0, 0.05) is 30.3 Å². The second-order valence-corrected chi connectivity index (χ2v) is 7.42. The van der Waals surface area contributed by atoms with Gasteiger partial charge in [0.25, 0.3) is 0 Å². The molecule has 2 fully saturated rings. The maximum atomic E-state index is 13.0. The third-order valence-corrected chi connectivity index (χ3v) is 5.99. The summed E-state index contributed by atoms with van der Waals surface area (Å²) in [6, 6.07) is 17.0. The van der Waals surface area contributed by atoms with Crippen LogP contribution in [0.3, 0.4) is 0 Å². The molecule has 0 saturated carbocycles. The van der Waals surface area contributed by atoms with Gasteiger partial charge in [-0.2, -0.15) is 0 Å². The highest BCUT2D eigenvalue weighted by Gasteiger charge is 2.46. The van der Waals surface area contributed by atoms with Crippen molar-refractivity contribution in [3.05, 3.63) is 59.7 Å². The first-order valence-corrected chi connectivity index (χ1v) is 9.12. The Balaban J connectivity index is 0.00000168. The lowest BCUT2D eigenvalue weighted by molar-refractivity contribution is 0.0655. The average Bonchev–Trinajstić information content (AvgIpc) is 3.27. The number of hydrogen-bond donors (Lipinski definition) is 1. The van der Waals surface area contributed by atoms with E-state index in [4.69, 9.17) is 4.74 Å². The van der Waals surface area contributed by atoms with Gasteiger partial charge >= 0.3 is 6.09 Å². The molecule has 5 rings (SSSR count). The van der Waals surface area contributed by atoms with Gasteiger partial charge in [0.2, 0.25) is 0 Å². The second kappa shape index (κ2) is 6.60. The van der Waals surface area contributed by atoms with Gasteiger partial charge in [0.1, 0.15) is 0 Å². The molecule has 0 radical (unpaired) electrons. The molecule has 1 amide bonds. The Morgan fingerprint density at radius 3 is 2.31 bits per heavy atom. The quantitative estimate of drug-likeness (QED) is 0.825. The number of likely N-dealkylation sites (tertiary alicyclic amines) is 1. The average molecular weight is 371 g/mol. The van der Waals surface area contributed by atoms with Crippen molar-refractivity contribution in [3.63, 3.8) is 0 Å². The van der Waals surface area contributed by atoms with Crippen molar-refractivity contribution in [2.24, 2.45) is 5.92 Å². The van der Waals surface area contributed by atoms with Crippen LogP contribution in [0.15, 0.2) is 48.5 Å². The molecule has 5 heteroatoms. The van der Waals surface area contributed by atoms with E-state index in [1.54, 1.807) is 0 Å². The molecular formula is C21H23ClN2O2. The normalized spacial score (nSPS) is 26.0. The number of amides is 1. The highest BCUT2D eigenvalue weighted by Crippen LogP contribution is 2.45. The summed E-state index contributed by atoms with van der Waals surface area (Å²) in [5.41, 5.74) is 4.52. The Morgan fingerprint density at radius 2 is 1.65 bits per heavy atom. The van der Waals surface area contributed by atoms with E-state index in [-0.39, 0.29) is 36.7 Å². The molecular weight excluding hydrogens is 348 g/mol. The second-order valence-electron chi connectivity index (χ2n) is 7.42. The summed E-state index contributed by atoms with van der Waals surface area (Å²) in [6.07, 6.45) is 0.575. The van der Waals surface area contributed by atoms with Gasteiger partial charge in [-0.1, -0.05) is 48.5 Å². The molecule has 3 unspecified atom stereocenters. The first kappa shape index (κ1) is 17.4. The minimum atomic E-state index is -0.305. The van der Waals surface area contributed by atoms with Crippen LogP contribution in [0.2, 0.25) is 0 Å². The molecule has 1 aliphatic carbocycles. The number of ether oxygens (including phenoxy) is 1. The van der Waals surface area contributed by atoms with Gasteiger partial charge in [-0.15, -0.1) is 12.4 Å². The summed E-state index contributed by atoms with van der Waals surface area (Å²) in [6.45, 7) is 4.02. The molecule has 2 saturated heterocycles. The number of halogens is 1. The minimum absolute atomic E-state index is 0. The molecule has 26 heavy (non-hydrogen) atoms. The SMILES string of the molecule is CC1CC2CNCC2N1C(=O)OC1c2ccccc2-c2ccccc21.Cl. The molecule has 1 N–H and O–H groups in total. The number of nitrogens with one attached hydrogen (secondary N) is 1. The number of carbonyl (C=O) groups excluding carboxylic acids is 1. The van der Waals surface area contributed by atoms with Gasteiger partial charge in [-0.25, -0.2) is 4.79 Å². The molecule has 0 bridgehead atoms. The van der Waals surface area contributed by atoms with Gasteiger partial charge in [0.05, 0.1) is 6.04 Å². The van der Waals surface area contributed by atoms with Crippen LogP contribution in [0.5, 0.6) is 0 Å². The third kappa shape index (κ3) is 2.51. The molecule has 2 aromatic carbocycles. The van der Waals surface area contributed by atoms with E-state index in [1.807, 2.05) is 29.2 Å². The van der Waals surface area contributed by atoms with Crippen LogP contribution >= 0.6 is 12.4 Å². The van der Waals surface area contributed by atoms with Crippen LogP contribution in [0.25, 0.3) is 11.1 Å². The Morgan fingerprint density at radius 1 is 1.04 bits per heavy atom. The fourth-order valence-electron chi connectivity index (χ4n) is 4.88. The Labute approximate surface area is 159 Å². The van der Waals surface area contributed by atoms with E-state index in [2.05, 4.69) is 36.5 Å². The predicted octanol–water partition coefficient (Wildman–Crippen LogP) is 4.00. The van der Waals surface area contributed by atoms with Crippen LogP contribution in [-0.4, -0.2) is 36.2 Å². The Bertz CT molecular complexity index is 795. The molecule has 2 aliphatic heterocycles. The molecule has 136 valence electrons. The molecule has 3 aliphatic rings. The van der Waals surface area contributed by atoms with E-state index in [9.17, 15) is 4.79 Å². The van der Waals surface area contributed by atoms with Gasteiger partial charge in [0.15, 0.2) is 6.10 Å². The number of benzene rings is 2. The van der Waals surface area contributed by atoms with E-state index < -0.39 is 0 Å². The summed E-state index contributed by atoms with van der Waals surface area (Å²) in [4.78, 5) is 15.0. The molecule has 3 atom stereocenters. The van der Waals surface area contributed by atoms with Crippen LogP contribution in [0.4, 0.5) is 4.79 Å². The topological polar surface area (TPSA) is 41.6 Å². The number of rotatable bonds is 1. The van der Waals surface area contributed by atoms with Crippen LogP contribution in [-0.2, 0) is 4.74 Å². The lowest BCUT2D eigenvalue weighted by Crippen LogP contribution is -2.43. The summed E-state index contributed by atoms with van der Waals surface area (Å²) in [7, 11) is 0. The lowest BCUT2D eigenvalue weighted by Gasteiger charge is -2.28. The first-order chi connectivity index (χ1) is 12.2. The lowest BCUT2D eigenvalue weighted by atomic mass is 10.0. The fraction of sp³-hybridized carbons (Fsp3) is 0.381. The maximum absolute atomic E-state index is 13.0. The highest BCUT2D eigenvalue weighted by atomic mass is 35.5. The number of fused-ring (bicyclic) bond motifs is 4. The largest absolute Gasteiger partial charge is 0.436 e. The van der Waals surface area contributed by atoms with Crippen molar-refractivity contribution in [1.29, 1.82) is 0 Å². The summed E-state index contributed by atoms with van der Waals surface area (Å²) in [5.74, 6) is 0.561. The van der Waals surface area contributed by atoms with Crippen LogP contribution < -0.4 is 5.32 Å². The molecule has 0 spiro atoms. The molecule has 4 nitrogen and oxygen atoms in total. The third-order valence-electron chi connectivity index (χ3n) is 5.99. The van der Waals surface area contributed by atoms with Crippen molar-refractivity contribution >= 4 is 18.5 Å². The van der Waals surface area contributed by atoms with E-state index in [1.165, 1.54) is 11.1 Å². The first-order valence-electron chi connectivity index (χ1n) is 9.12. The molecule has 2 aromatic rings. The molecule has 2 heterocycles. The number of carbonyl (C=O) groups is 1. The van der Waals surface area contributed by atoms with Crippen molar-refractivity contribution in [2.75, 3.05) is 13.1 Å². The maximum Gasteiger partial charge on any atom is 0.411 e. The van der Waals surface area contributed by atoms with Crippen molar-refractivity contribution in [3.8, 4) is 11.1 Å². The predicted molar refractivity (Wildman–Crippen MR) is 104 cm³/mol. The molecule has 0 aromatic heterocycles. The zero-order chi connectivity index (χ0) is 17.0. The van der Waals surface area contributed by atoms with Crippen molar-refractivity contribution in [2.45, 2.75) is 31.5 Å². The summed E-state index contributed by atoms with van der Waals surface area (Å²) >= 11 is 0. The zero-order valence-corrected chi connectivity index (χ0v) is 15.5. The minimum Gasteiger partial charge on any atom is -0.436 e. The van der Waals surface area contributed by atoms with Gasteiger partial charge in [-0.05, 0) is 30.4 Å². The summed E-state index contributed by atoms with van der Waals surface area (Å²) < 4.78 is 6.09. The smallest absolute Gasteiger partial charge is 0.411 e. The highest BCUT2D eigenvalue weighted by molar-refractivity contribution is 5.85. The van der Waals surface area contributed by atoms with E-state index in [0.29, 0.717) is 5.92 Å². The van der Waals surface area contributed by atoms with Gasteiger partial charge < -0.3 is 15.0 Å².